The minimum Gasteiger partial charge on any atom is -0.481 e. The first-order valence-electron chi connectivity index (χ1n) is 11.1. The summed E-state index contributed by atoms with van der Waals surface area (Å²) in [7, 11) is 0. The second-order valence-electron chi connectivity index (χ2n) is 8.47. The van der Waals surface area contributed by atoms with Gasteiger partial charge in [0.1, 0.15) is 5.82 Å². The van der Waals surface area contributed by atoms with Crippen LogP contribution in [-0.2, 0) is 22.4 Å². The van der Waals surface area contributed by atoms with Crippen molar-refractivity contribution in [2.45, 2.75) is 57.3 Å². The normalized spacial score (nSPS) is 18.6. The summed E-state index contributed by atoms with van der Waals surface area (Å²) in [5.41, 5.74) is 2.80. The molecule has 0 amide bonds. The largest absolute Gasteiger partial charge is 0.481 e. The lowest BCUT2D eigenvalue weighted by atomic mass is 9.99. The third kappa shape index (κ3) is 7.01. The fraction of sp³-hybridized carbons (Fsp3) is 0.480. The highest BCUT2D eigenvalue weighted by molar-refractivity contribution is 6.30. The van der Waals surface area contributed by atoms with Gasteiger partial charge in [0.05, 0.1) is 23.8 Å². The summed E-state index contributed by atoms with van der Waals surface area (Å²) < 4.78 is 19.7. The standard InChI is InChI=1S/C25H31ClFNO4/c1-17(22-7-3-2-5-19(22)9-11-25(30)31)32-16-21(29)15-28-12-4-6-20(28)13-18-8-10-23(26)24(27)14-18/h2-3,5,7-8,10,14,17,20-21,29H,4,6,9,11-13,15-16H2,1H3,(H,30,31)/t17-,20+,21?/m1/s1. The van der Waals surface area contributed by atoms with Gasteiger partial charge in [0.2, 0.25) is 0 Å². The molecular weight excluding hydrogens is 433 g/mol. The Balaban J connectivity index is 1.51. The molecule has 174 valence electrons. The SMILES string of the molecule is C[C@@H](OCC(O)CN1CCC[C@H]1Cc1ccc(Cl)c(F)c1)c1ccccc1CCC(=O)O. The van der Waals surface area contributed by atoms with Crippen molar-refractivity contribution < 1.29 is 24.1 Å². The van der Waals surface area contributed by atoms with E-state index >= 15 is 0 Å². The smallest absolute Gasteiger partial charge is 0.303 e. The number of aliphatic hydroxyl groups excluding tert-OH is 1. The highest BCUT2D eigenvalue weighted by atomic mass is 35.5. The van der Waals surface area contributed by atoms with Crippen molar-refractivity contribution in [2.75, 3.05) is 19.7 Å². The molecule has 32 heavy (non-hydrogen) atoms. The van der Waals surface area contributed by atoms with Crippen LogP contribution < -0.4 is 0 Å². The van der Waals surface area contributed by atoms with E-state index in [9.17, 15) is 14.3 Å². The maximum absolute atomic E-state index is 13.8. The summed E-state index contributed by atoms with van der Waals surface area (Å²) >= 11 is 5.78. The molecule has 0 saturated carbocycles. The third-order valence-electron chi connectivity index (χ3n) is 6.04. The van der Waals surface area contributed by atoms with E-state index in [1.807, 2.05) is 37.3 Å². The van der Waals surface area contributed by atoms with Crippen LogP contribution in [0.25, 0.3) is 0 Å². The Hall–Kier alpha value is -1.99. The van der Waals surface area contributed by atoms with E-state index in [4.69, 9.17) is 21.4 Å². The Bertz CT molecular complexity index is 909. The zero-order chi connectivity index (χ0) is 23.1. The van der Waals surface area contributed by atoms with Gasteiger partial charge in [0.25, 0.3) is 0 Å². The van der Waals surface area contributed by atoms with Gasteiger partial charge < -0.3 is 14.9 Å². The van der Waals surface area contributed by atoms with Crippen LogP contribution in [0.2, 0.25) is 5.02 Å². The lowest BCUT2D eigenvalue weighted by molar-refractivity contribution is -0.136. The number of aliphatic carboxylic acids is 1. The van der Waals surface area contributed by atoms with Crippen LogP contribution in [0.5, 0.6) is 0 Å². The molecule has 0 spiro atoms. The van der Waals surface area contributed by atoms with Crippen molar-refractivity contribution in [1.82, 2.24) is 4.90 Å². The summed E-state index contributed by atoms with van der Waals surface area (Å²) in [5.74, 6) is -1.23. The van der Waals surface area contributed by atoms with E-state index in [2.05, 4.69) is 4.90 Å². The number of nitrogens with zero attached hydrogens (tertiary/aromatic N) is 1. The Kier molecular flexibility index (Phi) is 9.05. The number of carboxylic acid groups (broad SMARTS) is 1. The highest BCUT2D eigenvalue weighted by Crippen LogP contribution is 2.25. The molecule has 1 saturated heterocycles. The molecule has 5 nitrogen and oxygen atoms in total. The minimum atomic E-state index is -0.828. The van der Waals surface area contributed by atoms with Crippen molar-refractivity contribution in [1.29, 1.82) is 0 Å². The topological polar surface area (TPSA) is 70.0 Å². The zero-order valence-corrected chi connectivity index (χ0v) is 19.1. The average Bonchev–Trinajstić information content (AvgIpc) is 3.19. The summed E-state index contributed by atoms with van der Waals surface area (Å²) in [6.45, 7) is 3.49. The van der Waals surface area contributed by atoms with Gasteiger partial charge >= 0.3 is 5.97 Å². The lowest BCUT2D eigenvalue weighted by Gasteiger charge is -2.27. The highest BCUT2D eigenvalue weighted by Gasteiger charge is 2.27. The van der Waals surface area contributed by atoms with Crippen LogP contribution in [0.4, 0.5) is 4.39 Å². The number of likely N-dealkylation sites (tertiary alicyclic amines) is 1. The van der Waals surface area contributed by atoms with Gasteiger partial charge in [-0.25, -0.2) is 4.39 Å². The average molecular weight is 464 g/mol. The first-order chi connectivity index (χ1) is 15.3. The van der Waals surface area contributed by atoms with Gasteiger partial charge in [-0.1, -0.05) is 41.9 Å². The van der Waals surface area contributed by atoms with Crippen LogP contribution in [-0.4, -0.2) is 52.9 Å². The summed E-state index contributed by atoms with van der Waals surface area (Å²) in [5, 5.41) is 19.7. The molecule has 0 bridgehead atoms. The predicted octanol–water partition coefficient (Wildman–Crippen LogP) is 4.64. The molecule has 3 rings (SSSR count). The van der Waals surface area contributed by atoms with Crippen LogP contribution in [0.1, 0.15) is 49.0 Å². The molecule has 1 fully saturated rings. The van der Waals surface area contributed by atoms with Gasteiger partial charge in [0, 0.05) is 19.0 Å². The molecule has 2 aromatic carbocycles. The van der Waals surface area contributed by atoms with Crippen LogP contribution >= 0.6 is 11.6 Å². The number of halogens is 2. The summed E-state index contributed by atoms with van der Waals surface area (Å²) in [4.78, 5) is 13.2. The number of hydrogen-bond donors (Lipinski definition) is 2. The Morgan fingerprint density at radius 2 is 2.09 bits per heavy atom. The van der Waals surface area contributed by atoms with Gasteiger partial charge in [-0.15, -0.1) is 0 Å². The molecule has 0 aromatic heterocycles. The van der Waals surface area contributed by atoms with Crippen LogP contribution in [0.3, 0.4) is 0 Å². The number of hydrogen-bond acceptors (Lipinski definition) is 4. The molecule has 1 unspecified atom stereocenters. The molecular formula is C25H31ClFNO4. The van der Waals surface area contributed by atoms with Crippen molar-refractivity contribution in [3.63, 3.8) is 0 Å². The summed E-state index contributed by atoms with van der Waals surface area (Å²) in [6, 6.07) is 12.8. The molecule has 2 aromatic rings. The second kappa shape index (κ2) is 11.8. The van der Waals surface area contributed by atoms with Gasteiger partial charge in [-0.05, 0) is 68.0 Å². The predicted molar refractivity (Wildman–Crippen MR) is 122 cm³/mol. The molecule has 1 aliphatic rings. The number of benzene rings is 2. The number of β-amino-alcohol motifs (C(OH)–C–C–N with tert-alkyl or cyclic N) is 1. The number of carbonyl (C=O) groups is 1. The Morgan fingerprint density at radius 3 is 2.84 bits per heavy atom. The monoisotopic (exact) mass is 463 g/mol. The number of aryl methyl sites for hydroxylation is 1. The molecule has 7 heteroatoms. The molecule has 2 N–H and O–H groups in total. The van der Waals surface area contributed by atoms with Gasteiger partial charge in [-0.2, -0.15) is 0 Å². The van der Waals surface area contributed by atoms with Crippen molar-refractivity contribution in [3.8, 4) is 0 Å². The number of aliphatic hydroxyl groups is 1. The van der Waals surface area contributed by atoms with Crippen molar-refractivity contribution in [3.05, 3.63) is 70.0 Å². The number of rotatable bonds is 11. The second-order valence-corrected chi connectivity index (χ2v) is 8.87. The quantitative estimate of drug-likeness (QED) is 0.508. The minimum absolute atomic E-state index is 0.0697. The molecule has 1 heterocycles. The van der Waals surface area contributed by atoms with Crippen LogP contribution in [0.15, 0.2) is 42.5 Å². The van der Waals surface area contributed by atoms with Crippen molar-refractivity contribution in [2.24, 2.45) is 0 Å². The van der Waals surface area contributed by atoms with E-state index in [0.29, 0.717) is 13.0 Å². The van der Waals surface area contributed by atoms with Gasteiger partial charge in [0.15, 0.2) is 0 Å². The van der Waals surface area contributed by atoms with E-state index in [0.717, 1.165) is 42.5 Å². The fourth-order valence-corrected chi connectivity index (χ4v) is 4.49. The fourth-order valence-electron chi connectivity index (χ4n) is 4.37. The Morgan fingerprint density at radius 1 is 1.31 bits per heavy atom. The van der Waals surface area contributed by atoms with Crippen molar-refractivity contribution >= 4 is 17.6 Å². The van der Waals surface area contributed by atoms with E-state index in [-0.39, 0.29) is 30.2 Å². The molecule has 3 atom stereocenters. The van der Waals surface area contributed by atoms with Crippen LogP contribution in [0, 0.1) is 5.82 Å². The first-order valence-corrected chi connectivity index (χ1v) is 11.5. The maximum atomic E-state index is 13.8. The number of carboxylic acids is 1. The molecule has 0 radical (unpaired) electrons. The maximum Gasteiger partial charge on any atom is 0.303 e. The van der Waals surface area contributed by atoms with E-state index in [1.54, 1.807) is 6.07 Å². The first kappa shape index (κ1) is 24.6. The Labute approximate surface area is 193 Å². The molecule has 0 aliphatic carbocycles. The lowest BCUT2D eigenvalue weighted by Crippen LogP contribution is -2.39. The summed E-state index contributed by atoms with van der Waals surface area (Å²) in [6.07, 6.45) is 2.39. The third-order valence-corrected chi connectivity index (χ3v) is 6.35. The molecule has 1 aliphatic heterocycles. The zero-order valence-electron chi connectivity index (χ0n) is 18.3. The number of ether oxygens (including phenoxy) is 1. The van der Waals surface area contributed by atoms with E-state index in [1.165, 1.54) is 6.07 Å². The van der Waals surface area contributed by atoms with Gasteiger partial charge in [-0.3, -0.25) is 9.69 Å². The van der Waals surface area contributed by atoms with E-state index < -0.39 is 17.9 Å².